The molecule has 2 aromatic rings. The molecule has 7 nitrogen and oxygen atoms in total. The average molecular weight is 494 g/mol. The molecule has 0 bridgehead atoms. The van der Waals surface area contributed by atoms with E-state index in [0.29, 0.717) is 37.6 Å². The summed E-state index contributed by atoms with van der Waals surface area (Å²) >= 11 is 3.42. The zero-order chi connectivity index (χ0) is 21.1. The lowest BCUT2D eigenvalue weighted by atomic mass is 10.2. The lowest BCUT2D eigenvalue weighted by Crippen LogP contribution is -2.35. The minimum absolute atomic E-state index is 0.122. The minimum atomic E-state index is -3.49. The molecule has 2 aliphatic rings. The van der Waals surface area contributed by atoms with Crippen LogP contribution < -0.4 is 4.74 Å². The first kappa shape index (κ1) is 21.3. The number of carbonyl (C=O) groups excluding carboxylic acids is 1. The van der Waals surface area contributed by atoms with Gasteiger partial charge in [0.1, 0.15) is 6.10 Å². The molecular weight excluding hydrogens is 470 g/mol. The van der Waals surface area contributed by atoms with E-state index < -0.39 is 10.0 Å². The lowest BCUT2D eigenvalue weighted by Gasteiger charge is -2.26. The first-order valence-corrected chi connectivity index (χ1v) is 12.3. The van der Waals surface area contributed by atoms with E-state index in [9.17, 15) is 13.2 Å². The normalized spacial score (nSPS) is 20.3. The van der Waals surface area contributed by atoms with E-state index in [1.165, 1.54) is 16.4 Å². The van der Waals surface area contributed by atoms with Gasteiger partial charge in [-0.25, -0.2) is 13.4 Å². The third-order valence-electron chi connectivity index (χ3n) is 5.49. The van der Waals surface area contributed by atoms with Gasteiger partial charge in [0.15, 0.2) is 0 Å². The van der Waals surface area contributed by atoms with Crippen molar-refractivity contribution in [3.05, 3.63) is 52.6 Å². The molecule has 0 aliphatic carbocycles. The summed E-state index contributed by atoms with van der Waals surface area (Å²) in [6.45, 7) is 2.17. The van der Waals surface area contributed by atoms with E-state index in [1.54, 1.807) is 23.2 Å². The topological polar surface area (TPSA) is 79.8 Å². The van der Waals surface area contributed by atoms with E-state index in [-0.39, 0.29) is 16.9 Å². The van der Waals surface area contributed by atoms with E-state index >= 15 is 0 Å². The molecule has 30 heavy (non-hydrogen) atoms. The van der Waals surface area contributed by atoms with Crippen LogP contribution in [0.3, 0.4) is 0 Å². The highest BCUT2D eigenvalue weighted by atomic mass is 79.9. The maximum Gasteiger partial charge on any atom is 0.253 e. The number of hydrogen-bond donors (Lipinski definition) is 0. The van der Waals surface area contributed by atoms with Crippen LogP contribution in [0.4, 0.5) is 0 Å². The highest BCUT2D eigenvalue weighted by Crippen LogP contribution is 2.26. The molecule has 1 atom stereocenters. The van der Waals surface area contributed by atoms with Crippen molar-refractivity contribution in [3.8, 4) is 5.88 Å². The van der Waals surface area contributed by atoms with Gasteiger partial charge in [-0.1, -0.05) is 6.42 Å². The highest BCUT2D eigenvalue weighted by Gasteiger charge is 2.30. The number of amides is 1. The predicted octanol–water partition coefficient (Wildman–Crippen LogP) is 3.31. The van der Waals surface area contributed by atoms with Gasteiger partial charge in [-0.2, -0.15) is 4.31 Å². The first-order valence-electron chi connectivity index (χ1n) is 10.1. The van der Waals surface area contributed by atoms with E-state index in [0.717, 1.165) is 30.2 Å². The van der Waals surface area contributed by atoms with Crippen molar-refractivity contribution >= 4 is 31.9 Å². The summed E-state index contributed by atoms with van der Waals surface area (Å²) in [7, 11) is -3.49. The molecule has 2 aliphatic heterocycles. The third-order valence-corrected chi connectivity index (χ3v) is 8.01. The Labute approximate surface area is 185 Å². The Morgan fingerprint density at radius 2 is 1.80 bits per heavy atom. The van der Waals surface area contributed by atoms with Gasteiger partial charge in [0.2, 0.25) is 15.9 Å². The zero-order valence-corrected chi connectivity index (χ0v) is 18.9. The Morgan fingerprint density at radius 1 is 1.07 bits per heavy atom. The number of pyridine rings is 1. The number of ether oxygens (including phenoxy) is 1. The van der Waals surface area contributed by atoms with Crippen molar-refractivity contribution in [1.82, 2.24) is 14.2 Å². The number of likely N-dealkylation sites (tertiary alicyclic amines) is 1. The van der Waals surface area contributed by atoms with Gasteiger partial charge in [-0.3, -0.25) is 4.79 Å². The molecule has 0 N–H and O–H groups in total. The van der Waals surface area contributed by atoms with Crippen LogP contribution in [0.15, 0.2) is 52.0 Å². The summed E-state index contributed by atoms with van der Waals surface area (Å²) in [5, 5.41) is 0. The second-order valence-electron chi connectivity index (χ2n) is 7.56. The van der Waals surface area contributed by atoms with Crippen molar-refractivity contribution in [2.45, 2.75) is 36.7 Å². The molecule has 0 saturated carbocycles. The Bertz CT molecular complexity index is 1010. The fourth-order valence-corrected chi connectivity index (χ4v) is 5.70. The lowest BCUT2D eigenvalue weighted by molar-refractivity contribution is 0.0771. The second kappa shape index (κ2) is 9.03. The van der Waals surface area contributed by atoms with Gasteiger partial charge in [0.25, 0.3) is 5.91 Å². The average Bonchev–Trinajstić information content (AvgIpc) is 3.24. The Morgan fingerprint density at radius 3 is 2.50 bits per heavy atom. The fourth-order valence-electron chi connectivity index (χ4n) is 3.83. The number of aromatic nitrogens is 1. The van der Waals surface area contributed by atoms with Crippen LogP contribution in [0.5, 0.6) is 5.88 Å². The SMILES string of the molecule is O=C(c1ccc(S(=O)(=O)N2CCCCC2)cc1)N1CCC(Oc2ncccc2Br)C1. The predicted molar refractivity (Wildman–Crippen MR) is 116 cm³/mol. The Kier molecular flexibility index (Phi) is 6.40. The first-order chi connectivity index (χ1) is 14.4. The molecule has 1 unspecified atom stereocenters. The molecule has 160 valence electrons. The molecule has 2 saturated heterocycles. The van der Waals surface area contributed by atoms with Crippen LogP contribution in [0.25, 0.3) is 0 Å². The number of sulfonamides is 1. The van der Waals surface area contributed by atoms with E-state index in [1.807, 2.05) is 12.1 Å². The summed E-state index contributed by atoms with van der Waals surface area (Å²) < 4.78 is 33.8. The van der Waals surface area contributed by atoms with Crippen molar-refractivity contribution in [1.29, 1.82) is 0 Å². The van der Waals surface area contributed by atoms with Crippen molar-refractivity contribution in [3.63, 3.8) is 0 Å². The minimum Gasteiger partial charge on any atom is -0.472 e. The van der Waals surface area contributed by atoms with Crippen molar-refractivity contribution < 1.29 is 17.9 Å². The molecule has 0 radical (unpaired) electrons. The molecule has 2 fully saturated rings. The maximum atomic E-state index is 12.9. The van der Waals surface area contributed by atoms with Crippen LogP contribution in [0.2, 0.25) is 0 Å². The molecule has 1 amide bonds. The number of rotatable bonds is 5. The van der Waals surface area contributed by atoms with Gasteiger partial charge in [0.05, 0.1) is 15.9 Å². The quantitative estimate of drug-likeness (QED) is 0.638. The molecule has 0 spiro atoms. The molecule has 1 aromatic heterocycles. The summed E-state index contributed by atoms with van der Waals surface area (Å²) in [5.41, 5.74) is 0.479. The van der Waals surface area contributed by atoms with Crippen LogP contribution in [-0.4, -0.2) is 60.8 Å². The van der Waals surface area contributed by atoms with Gasteiger partial charge in [-0.15, -0.1) is 0 Å². The van der Waals surface area contributed by atoms with E-state index in [2.05, 4.69) is 20.9 Å². The fraction of sp³-hybridized carbons (Fsp3) is 0.429. The van der Waals surface area contributed by atoms with Crippen molar-refractivity contribution in [2.75, 3.05) is 26.2 Å². The monoisotopic (exact) mass is 493 g/mol. The van der Waals surface area contributed by atoms with Crippen LogP contribution in [0.1, 0.15) is 36.0 Å². The maximum absolute atomic E-state index is 12.9. The van der Waals surface area contributed by atoms with Gasteiger partial charge < -0.3 is 9.64 Å². The standard InChI is InChI=1S/C21H24BrN3O4S/c22-19-5-4-11-23-20(19)29-17-10-14-24(15-17)21(26)16-6-8-18(9-7-16)30(27,28)25-12-2-1-3-13-25/h4-9,11,17H,1-3,10,12-15H2. The number of carbonyl (C=O) groups is 1. The molecule has 3 heterocycles. The number of nitrogens with zero attached hydrogens (tertiary/aromatic N) is 3. The molecule has 1 aromatic carbocycles. The summed E-state index contributed by atoms with van der Waals surface area (Å²) in [4.78, 5) is 19.0. The van der Waals surface area contributed by atoms with Crippen molar-refractivity contribution in [2.24, 2.45) is 0 Å². The third kappa shape index (κ3) is 4.53. The Hall–Kier alpha value is -1.97. The number of halogens is 1. The summed E-state index contributed by atoms with van der Waals surface area (Å²) in [6.07, 6.45) is 5.11. The van der Waals surface area contributed by atoms with Crippen LogP contribution in [-0.2, 0) is 10.0 Å². The number of piperidine rings is 1. The summed E-state index contributed by atoms with van der Waals surface area (Å²) in [6, 6.07) is 9.94. The number of benzene rings is 1. The zero-order valence-electron chi connectivity index (χ0n) is 16.5. The highest BCUT2D eigenvalue weighted by molar-refractivity contribution is 9.10. The molecule has 9 heteroatoms. The second-order valence-corrected chi connectivity index (χ2v) is 10.4. The van der Waals surface area contributed by atoms with Crippen LogP contribution >= 0.6 is 15.9 Å². The molecule has 4 rings (SSSR count). The Balaban J connectivity index is 1.40. The van der Waals surface area contributed by atoms with Gasteiger partial charge in [-0.05, 0) is 65.2 Å². The van der Waals surface area contributed by atoms with Gasteiger partial charge >= 0.3 is 0 Å². The smallest absolute Gasteiger partial charge is 0.253 e. The molecular formula is C21H24BrN3O4S. The largest absolute Gasteiger partial charge is 0.472 e. The van der Waals surface area contributed by atoms with E-state index in [4.69, 9.17) is 4.74 Å². The number of hydrogen-bond acceptors (Lipinski definition) is 5. The van der Waals surface area contributed by atoms with Crippen LogP contribution in [0, 0.1) is 0 Å². The summed E-state index contributed by atoms with van der Waals surface area (Å²) in [5.74, 6) is 0.396. The van der Waals surface area contributed by atoms with Gasteiger partial charge in [0, 0.05) is 37.8 Å².